The van der Waals surface area contributed by atoms with Crippen molar-refractivity contribution in [3.8, 4) is 5.75 Å². The van der Waals surface area contributed by atoms with Gasteiger partial charge in [-0.15, -0.1) is 0 Å². The molecule has 2 rings (SSSR count). The Morgan fingerprint density at radius 3 is 2.81 bits per heavy atom. The molecule has 16 heavy (non-hydrogen) atoms. The lowest BCUT2D eigenvalue weighted by atomic mass is 10.2. The van der Waals surface area contributed by atoms with Crippen LogP contribution in [0.3, 0.4) is 0 Å². The predicted molar refractivity (Wildman–Crippen MR) is 56.3 cm³/mol. The first-order chi connectivity index (χ1) is 7.70. The van der Waals surface area contributed by atoms with Crippen LogP contribution in [0.1, 0.15) is 23.2 Å². The first kappa shape index (κ1) is 11.0. The molecular weight excluding hydrogens is 232 g/mol. The summed E-state index contributed by atoms with van der Waals surface area (Å²) < 4.78 is 0. The summed E-state index contributed by atoms with van der Waals surface area (Å²) in [7, 11) is 0. The standard InChI is InChI=1S/C11H9ClO4/c12-9-4-3-8(6-13)10(5-9)15-16-11(14)7-1-2-7/h3-7H,1-2H2. The molecule has 5 heteroatoms. The normalized spacial score (nSPS) is 14.3. The second kappa shape index (κ2) is 4.53. The minimum absolute atomic E-state index is 0.0566. The number of hydrogen-bond acceptors (Lipinski definition) is 4. The van der Waals surface area contributed by atoms with Gasteiger partial charge in [-0.1, -0.05) is 11.6 Å². The van der Waals surface area contributed by atoms with Gasteiger partial charge in [0.05, 0.1) is 11.5 Å². The Morgan fingerprint density at radius 2 is 2.19 bits per heavy atom. The van der Waals surface area contributed by atoms with E-state index >= 15 is 0 Å². The van der Waals surface area contributed by atoms with Crippen LogP contribution in [0.25, 0.3) is 0 Å². The molecule has 0 bridgehead atoms. The SMILES string of the molecule is O=Cc1ccc(Cl)cc1OOC(=O)C1CC1. The van der Waals surface area contributed by atoms with E-state index in [4.69, 9.17) is 16.5 Å². The molecule has 0 aliphatic heterocycles. The molecule has 0 spiro atoms. The Kier molecular flexibility index (Phi) is 3.10. The van der Waals surface area contributed by atoms with E-state index < -0.39 is 5.97 Å². The summed E-state index contributed by atoms with van der Waals surface area (Å²) in [5.74, 6) is -0.313. The van der Waals surface area contributed by atoms with Crippen molar-refractivity contribution < 1.29 is 19.4 Å². The van der Waals surface area contributed by atoms with Crippen LogP contribution >= 0.6 is 11.6 Å². The maximum atomic E-state index is 11.2. The lowest BCUT2D eigenvalue weighted by molar-refractivity contribution is -0.215. The maximum Gasteiger partial charge on any atom is 0.358 e. The molecule has 1 aromatic rings. The smallest absolute Gasteiger partial charge is 0.298 e. The molecule has 4 nitrogen and oxygen atoms in total. The molecule has 0 heterocycles. The molecule has 84 valence electrons. The van der Waals surface area contributed by atoms with Gasteiger partial charge in [-0.25, -0.2) is 4.79 Å². The molecule has 0 amide bonds. The van der Waals surface area contributed by atoms with Crippen molar-refractivity contribution in [3.63, 3.8) is 0 Å². The Hall–Kier alpha value is -1.55. The van der Waals surface area contributed by atoms with Crippen LogP contribution in [-0.2, 0) is 9.68 Å². The largest absolute Gasteiger partial charge is 0.358 e. The zero-order valence-electron chi connectivity index (χ0n) is 8.31. The zero-order valence-corrected chi connectivity index (χ0v) is 9.07. The number of carbonyl (C=O) groups excluding carboxylic acids is 2. The first-order valence-electron chi connectivity index (χ1n) is 4.84. The first-order valence-corrected chi connectivity index (χ1v) is 5.21. The van der Waals surface area contributed by atoms with Crippen molar-refractivity contribution in [1.29, 1.82) is 0 Å². The van der Waals surface area contributed by atoms with Crippen molar-refractivity contribution in [2.45, 2.75) is 12.8 Å². The minimum atomic E-state index is -0.406. The fraction of sp³-hybridized carbons (Fsp3) is 0.273. The Labute approximate surface area is 97.0 Å². The van der Waals surface area contributed by atoms with Crippen LogP contribution in [0.4, 0.5) is 0 Å². The van der Waals surface area contributed by atoms with E-state index in [1.165, 1.54) is 12.1 Å². The molecule has 0 aromatic heterocycles. The molecule has 0 N–H and O–H groups in total. The Morgan fingerprint density at radius 1 is 1.44 bits per heavy atom. The summed E-state index contributed by atoms with van der Waals surface area (Å²) in [4.78, 5) is 31.3. The van der Waals surface area contributed by atoms with Crippen molar-refractivity contribution in [1.82, 2.24) is 0 Å². The van der Waals surface area contributed by atoms with Crippen molar-refractivity contribution in [2.24, 2.45) is 5.92 Å². The van der Waals surface area contributed by atoms with E-state index in [1.54, 1.807) is 6.07 Å². The van der Waals surface area contributed by atoms with Crippen LogP contribution in [0.5, 0.6) is 5.75 Å². The monoisotopic (exact) mass is 240 g/mol. The molecule has 0 saturated heterocycles. The molecule has 0 unspecified atom stereocenters. The van der Waals surface area contributed by atoms with Crippen LogP contribution in [0.2, 0.25) is 5.02 Å². The lowest BCUT2D eigenvalue weighted by Crippen LogP contribution is -2.10. The Balaban J connectivity index is 2.04. The van der Waals surface area contributed by atoms with Crippen molar-refractivity contribution in [3.05, 3.63) is 28.8 Å². The van der Waals surface area contributed by atoms with Crippen molar-refractivity contribution in [2.75, 3.05) is 0 Å². The maximum absolute atomic E-state index is 11.2. The average molecular weight is 241 g/mol. The number of rotatable bonds is 4. The van der Waals surface area contributed by atoms with E-state index in [1.807, 2.05) is 0 Å². The molecule has 0 atom stereocenters. The molecule has 1 aliphatic carbocycles. The van der Waals surface area contributed by atoms with Crippen LogP contribution in [0.15, 0.2) is 18.2 Å². The zero-order chi connectivity index (χ0) is 11.5. The summed E-state index contributed by atoms with van der Waals surface area (Å²) in [5.41, 5.74) is 0.285. The van der Waals surface area contributed by atoms with Gasteiger partial charge in [0.1, 0.15) is 0 Å². The molecular formula is C11H9ClO4. The van der Waals surface area contributed by atoms with Gasteiger partial charge < -0.3 is 0 Å². The molecule has 1 aromatic carbocycles. The number of halogens is 1. The third kappa shape index (κ3) is 2.52. The van der Waals surface area contributed by atoms with Gasteiger partial charge in [0, 0.05) is 11.1 Å². The molecule has 0 radical (unpaired) electrons. The third-order valence-corrected chi connectivity index (χ3v) is 2.46. The summed E-state index contributed by atoms with van der Waals surface area (Å²) in [6.07, 6.45) is 2.27. The van der Waals surface area contributed by atoms with Crippen LogP contribution in [0, 0.1) is 5.92 Å². The van der Waals surface area contributed by atoms with Crippen molar-refractivity contribution >= 4 is 23.9 Å². The second-order valence-electron chi connectivity index (χ2n) is 3.56. The van der Waals surface area contributed by atoms with Crippen LogP contribution < -0.4 is 4.89 Å². The topological polar surface area (TPSA) is 52.6 Å². The van der Waals surface area contributed by atoms with Gasteiger partial charge in [0.15, 0.2) is 12.0 Å². The Bertz CT molecular complexity index is 426. The number of aldehydes is 1. The highest BCUT2D eigenvalue weighted by molar-refractivity contribution is 6.30. The number of hydrogen-bond donors (Lipinski definition) is 0. The summed E-state index contributed by atoms with van der Waals surface area (Å²) in [5, 5.41) is 0.406. The lowest BCUT2D eigenvalue weighted by Gasteiger charge is -2.05. The fourth-order valence-corrected chi connectivity index (χ4v) is 1.31. The van der Waals surface area contributed by atoms with Gasteiger partial charge in [-0.3, -0.25) is 14.6 Å². The van der Waals surface area contributed by atoms with E-state index in [-0.39, 0.29) is 17.2 Å². The van der Waals surface area contributed by atoms with Gasteiger partial charge in [-0.2, -0.15) is 0 Å². The summed E-state index contributed by atoms with van der Waals surface area (Å²) in [6, 6.07) is 4.47. The highest BCUT2D eigenvalue weighted by atomic mass is 35.5. The number of benzene rings is 1. The van der Waals surface area contributed by atoms with E-state index in [9.17, 15) is 9.59 Å². The summed E-state index contributed by atoms with van der Waals surface area (Å²) >= 11 is 5.73. The second-order valence-corrected chi connectivity index (χ2v) is 4.00. The quantitative estimate of drug-likeness (QED) is 0.461. The van der Waals surface area contributed by atoms with Gasteiger partial charge >= 0.3 is 5.97 Å². The van der Waals surface area contributed by atoms with Gasteiger partial charge in [0.25, 0.3) is 0 Å². The number of carbonyl (C=O) groups is 2. The van der Waals surface area contributed by atoms with E-state index in [2.05, 4.69) is 4.89 Å². The van der Waals surface area contributed by atoms with E-state index in [0.29, 0.717) is 11.3 Å². The van der Waals surface area contributed by atoms with Crippen LogP contribution in [-0.4, -0.2) is 12.3 Å². The summed E-state index contributed by atoms with van der Waals surface area (Å²) in [6.45, 7) is 0. The van der Waals surface area contributed by atoms with Gasteiger partial charge in [0.2, 0.25) is 0 Å². The molecule has 1 saturated carbocycles. The highest BCUT2D eigenvalue weighted by Crippen LogP contribution is 2.30. The minimum Gasteiger partial charge on any atom is -0.298 e. The highest BCUT2D eigenvalue weighted by Gasteiger charge is 2.32. The molecule has 1 fully saturated rings. The fourth-order valence-electron chi connectivity index (χ4n) is 1.15. The third-order valence-electron chi connectivity index (χ3n) is 2.23. The average Bonchev–Trinajstić information content (AvgIpc) is 3.10. The van der Waals surface area contributed by atoms with E-state index in [0.717, 1.165) is 12.8 Å². The predicted octanol–water partition coefficient (Wildman–Crippen LogP) is 2.40. The molecule has 1 aliphatic rings. The van der Waals surface area contributed by atoms with Gasteiger partial charge in [-0.05, 0) is 25.0 Å².